The molecule has 0 radical (unpaired) electrons. The van der Waals surface area contributed by atoms with Gasteiger partial charge in [0, 0.05) is 13.0 Å². The number of aliphatic hydroxyl groups is 1. The lowest BCUT2D eigenvalue weighted by molar-refractivity contribution is -0.171. The van der Waals surface area contributed by atoms with Gasteiger partial charge in [0.05, 0.1) is 23.7 Å². The van der Waals surface area contributed by atoms with E-state index in [4.69, 9.17) is 21.1 Å². The van der Waals surface area contributed by atoms with E-state index in [0.29, 0.717) is 29.2 Å². The van der Waals surface area contributed by atoms with Crippen molar-refractivity contribution >= 4 is 35.4 Å². The first kappa shape index (κ1) is 42.1. The second-order valence-corrected chi connectivity index (χ2v) is 12.9. The van der Waals surface area contributed by atoms with E-state index >= 15 is 0 Å². The molecule has 0 aliphatic carbocycles. The first-order valence-electron chi connectivity index (χ1n) is 15.9. The van der Waals surface area contributed by atoms with E-state index in [-0.39, 0.29) is 31.1 Å². The van der Waals surface area contributed by atoms with Crippen LogP contribution in [0.25, 0.3) is 0 Å². The Bertz CT molecular complexity index is 1360. The van der Waals surface area contributed by atoms with E-state index in [1.165, 1.54) is 44.7 Å². The van der Waals surface area contributed by atoms with E-state index in [9.17, 15) is 33.8 Å². The third-order valence-electron chi connectivity index (χ3n) is 7.10. The van der Waals surface area contributed by atoms with Crippen LogP contribution in [0.15, 0.2) is 54.6 Å². The van der Waals surface area contributed by atoms with Crippen LogP contribution in [0.4, 0.5) is 4.39 Å². The van der Waals surface area contributed by atoms with Crippen molar-refractivity contribution in [3.05, 3.63) is 76.6 Å². The fourth-order valence-corrected chi connectivity index (χ4v) is 4.45. The van der Waals surface area contributed by atoms with Gasteiger partial charge >= 0.3 is 11.9 Å². The van der Waals surface area contributed by atoms with Crippen molar-refractivity contribution in [1.82, 2.24) is 10.6 Å². The van der Waals surface area contributed by atoms with Crippen LogP contribution in [0.1, 0.15) is 71.9 Å². The Labute approximate surface area is 288 Å². The largest absolute Gasteiger partial charge is 0.495 e. The minimum atomic E-state index is -1.29. The maximum Gasteiger partial charge on any atom is 0.345 e. The number of carbonyl (C=O) groups is 4. The average Bonchev–Trinajstić information content (AvgIpc) is 3.01. The van der Waals surface area contributed by atoms with Crippen molar-refractivity contribution < 1.29 is 43.3 Å². The summed E-state index contributed by atoms with van der Waals surface area (Å²) < 4.78 is 22.6. The Balaban J connectivity index is 0.00000110. The highest BCUT2D eigenvalue weighted by atomic mass is 35.5. The number of nitrogens with one attached hydrogen (secondary N) is 2. The Morgan fingerprint density at radius 3 is 2.19 bits per heavy atom. The third-order valence-corrected chi connectivity index (χ3v) is 7.39. The van der Waals surface area contributed by atoms with Gasteiger partial charge in [-0.2, -0.15) is 0 Å². The van der Waals surface area contributed by atoms with Gasteiger partial charge in [0.1, 0.15) is 17.6 Å². The summed E-state index contributed by atoms with van der Waals surface area (Å²) in [6, 6.07) is 10.6. The smallest absolute Gasteiger partial charge is 0.345 e. The average molecular weight is 693 g/mol. The molecule has 0 saturated carbocycles. The molecule has 0 fully saturated rings. The lowest BCUT2D eigenvalue weighted by atomic mass is 9.93. The third kappa shape index (κ3) is 16.2. The molecule has 10 nitrogen and oxygen atoms in total. The molecule has 3 atom stereocenters. The second kappa shape index (κ2) is 21.1. The molecule has 266 valence electrons. The van der Waals surface area contributed by atoms with Crippen molar-refractivity contribution in [2.24, 2.45) is 11.3 Å². The standard InChI is InChI=1S/C28H41ClN2O8.C8H9F/c1-17(2)13-23(26(35)36)39-27(37)28(4,5)16-30-25(34)21(31-24(33)10-8-7-9-18(3)32)15-19-11-12-22(38-6)20(29)14-19;1-2-7-3-5-8(9)6-4-7/h8,10-12,14,17-18,21,23,32H,7,9,13,15-16H2,1-6H3,(H,30,34)(H,31,33)(H,35,36);3-6H,2H2,1H3/b10-8+;/t18?,21-,23?;/m1./s1. The predicted molar refractivity (Wildman–Crippen MR) is 183 cm³/mol. The topological polar surface area (TPSA) is 151 Å². The monoisotopic (exact) mass is 692 g/mol. The number of aliphatic hydroxyl groups excluding tert-OH is 1. The summed E-state index contributed by atoms with van der Waals surface area (Å²) in [5.41, 5.74) is 0.603. The van der Waals surface area contributed by atoms with Crippen LogP contribution in [0, 0.1) is 17.2 Å². The van der Waals surface area contributed by atoms with Crippen LogP contribution < -0.4 is 15.4 Å². The number of amides is 2. The van der Waals surface area contributed by atoms with Crippen LogP contribution in [0.2, 0.25) is 5.02 Å². The summed E-state index contributed by atoms with van der Waals surface area (Å²) in [5, 5.41) is 24.4. The van der Waals surface area contributed by atoms with Gasteiger partial charge in [0.25, 0.3) is 0 Å². The van der Waals surface area contributed by atoms with E-state index in [2.05, 4.69) is 10.6 Å². The van der Waals surface area contributed by atoms with Gasteiger partial charge in [-0.1, -0.05) is 56.6 Å². The molecule has 2 aromatic carbocycles. The summed E-state index contributed by atoms with van der Waals surface area (Å²) in [4.78, 5) is 49.9. The van der Waals surface area contributed by atoms with Crippen molar-refractivity contribution in [2.45, 2.75) is 91.9 Å². The molecule has 12 heteroatoms. The van der Waals surface area contributed by atoms with Crippen molar-refractivity contribution in [3.63, 3.8) is 0 Å². The van der Waals surface area contributed by atoms with Crippen LogP contribution >= 0.6 is 11.6 Å². The number of carbonyl (C=O) groups excluding carboxylic acids is 3. The molecule has 2 aromatic rings. The fraction of sp³-hybridized carbons (Fsp3) is 0.500. The highest BCUT2D eigenvalue weighted by Gasteiger charge is 2.35. The minimum absolute atomic E-state index is 0.00127. The zero-order valence-corrected chi connectivity index (χ0v) is 29.6. The van der Waals surface area contributed by atoms with Crippen molar-refractivity contribution in [1.29, 1.82) is 0 Å². The quantitative estimate of drug-likeness (QED) is 0.122. The Kier molecular flexibility index (Phi) is 18.5. The molecule has 2 amide bonds. The van der Waals surface area contributed by atoms with Gasteiger partial charge < -0.3 is 30.3 Å². The van der Waals surface area contributed by atoms with Gasteiger partial charge in [-0.25, -0.2) is 9.18 Å². The maximum atomic E-state index is 13.2. The number of carboxylic acids is 1. The Hall–Kier alpha value is -3.96. The molecular formula is C36H50ClFN2O8. The molecule has 0 saturated heterocycles. The molecular weight excluding hydrogens is 643 g/mol. The highest BCUT2D eigenvalue weighted by Crippen LogP contribution is 2.26. The number of aliphatic carboxylic acids is 1. The maximum absolute atomic E-state index is 13.2. The zero-order valence-electron chi connectivity index (χ0n) is 28.8. The van der Waals surface area contributed by atoms with Crippen molar-refractivity contribution in [2.75, 3.05) is 13.7 Å². The molecule has 0 bridgehead atoms. The van der Waals surface area contributed by atoms with E-state index in [0.717, 1.165) is 6.42 Å². The number of hydrogen-bond acceptors (Lipinski definition) is 7. The van der Waals surface area contributed by atoms with Gasteiger partial charge in [-0.3, -0.25) is 14.4 Å². The molecule has 48 heavy (non-hydrogen) atoms. The number of hydrogen-bond donors (Lipinski definition) is 4. The summed E-state index contributed by atoms with van der Waals surface area (Å²) in [6.07, 6.45) is 3.32. The summed E-state index contributed by atoms with van der Waals surface area (Å²) in [6.45, 7) is 10.3. The van der Waals surface area contributed by atoms with Crippen LogP contribution in [-0.2, 0) is 36.8 Å². The first-order valence-corrected chi connectivity index (χ1v) is 16.3. The molecule has 2 unspecified atom stereocenters. The predicted octanol–water partition coefficient (Wildman–Crippen LogP) is 5.67. The number of aryl methyl sites for hydroxylation is 1. The molecule has 4 N–H and O–H groups in total. The number of rotatable bonds is 17. The normalized spacial score (nSPS) is 13.1. The van der Waals surface area contributed by atoms with Crippen LogP contribution in [0.3, 0.4) is 0 Å². The number of methoxy groups -OCH3 is 1. The lowest BCUT2D eigenvalue weighted by Gasteiger charge is -2.27. The fourth-order valence-electron chi connectivity index (χ4n) is 4.17. The second-order valence-electron chi connectivity index (χ2n) is 12.5. The SMILES string of the molecule is CCc1ccc(F)cc1.COc1ccc(C[C@@H](NC(=O)/C=C/CCC(C)O)C(=O)NCC(C)(C)C(=O)OC(CC(C)C)C(=O)O)cc1Cl. The van der Waals surface area contributed by atoms with E-state index < -0.39 is 47.4 Å². The number of ether oxygens (including phenoxy) is 2. The first-order chi connectivity index (χ1) is 22.5. The number of esters is 1. The van der Waals surface area contributed by atoms with Crippen LogP contribution in [0.5, 0.6) is 5.75 Å². The molecule has 0 spiro atoms. The van der Waals surface area contributed by atoms with Gasteiger partial charge in [-0.15, -0.1) is 0 Å². The molecule has 0 aliphatic rings. The number of benzene rings is 2. The number of allylic oxidation sites excluding steroid dienone is 1. The summed E-state index contributed by atoms with van der Waals surface area (Å²) in [7, 11) is 1.48. The van der Waals surface area contributed by atoms with Crippen LogP contribution in [-0.4, -0.2) is 65.9 Å². The van der Waals surface area contributed by atoms with E-state index in [1.54, 1.807) is 43.3 Å². The van der Waals surface area contributed by atoms with Gasteiger partial charge in [0.15, 0.2) is 6.10 Å². The highest BCUT2D eigenvalue weighted by molar-refractivity contribution is 6.32. The lowest BCUT2D eigenvalue weighted by Crippen LogP contribution is -2.51. The summed E-state index contributed by atoms with van der Waals surface area (Å²) >= 11 is 6.22. The Morgan fingerprint density at radius 2 is 1.67 bits per heavy atom. The molecule has 2 rings (SSSR count). The zero-order chi connectivity index (χ0) is 36.4. The Morgan fingerprint density at radius 1 is 1.04 bits per heavy atom. The molecule has 0 aromatic heterocycles. The molecule has 0 heterocycles. The number of halogens is 2. The minimum Gasteiger partial charge on any atom is -0.495 e. The number of carboxylic acid groups (broad SMARTS) is 1. The van der Waals surface area contributed by atoms with Gasteiger partial charge in [0.2, 0.25) is 11.8 Å². The molecule has 0 aliphatic heterocycles. The van der Waals surface area contributed by atoms with Gasteiger partial charge in [-0.05, 0) is 93.8 Å². The summed E-state index contributed by atoms with van der Waals surface area (Å²) in [5.74, 6) is -2.75. The van der Waals surface area contributed by atoms with E-state index in [1.807, 2.05) is 20.8 Å². The van der Waals surface area contributed by atoms with Crippen molar-refractivity contribution in [3.8, 4) is 5.75 Å².